The van der Waals surface area contributed by atoms with Gasteiger partial charge in [-0.05, 0) is 18.4 Å². The number of nitrogens with two attached hydrogens (primary N) is 1. The topological polar surface area (TPSA) is 26.0 Å². The lowest BCUT2D eigenvalue weighted by Gasteiger charge is -2.29. The minimum atomic E-state index is 0.550. The second kappa shape index (κ2) is 4.73. The SMILES string of the molecule is CCC(CC)(CC)CCN. The molecule has 0 saturated carbocycles. The van der Waals surface area contributed by atoms with Crippen LogP contribution in [0.4, 0.5) is 0 Å². The smallest absolute Gasteiger partial charge is 0.00720 e. The van der Waals surface area contributed by atoms with Gasteiger partial charge in [0.1, 0.15) is 0 Å². The van der Waals surface area contributed by atoms with E-state index in [-0.39, 0.29) is 0 Å². The Morgan fingerprint density at radius 2 is 1.40 bits per heavy atom. The maximum Gasteiger partial charge on any atom is -0.00720 e. The van der Waals surface area contributed by atoms with Gasteiger partial charge in [0.25, 0.3) is 0 Å². The standard InChI is InChI=1S/C9H21N/c1-4-9(5-2,6-3)7-8-10/h4-8,10H2,1-3H3. The third-order valence-corrected chi connectivity index (χ3v) is 2.92. The van der Waals surface area contributed by atoms with E-state index < -0.39 is 0 Å². The van der Waals surface area contributed by atoms with Gasteiger partial charge >= 0.3 is 0 Å². The van der Waals surface area contributed by atoms with Gasteiger partial charge in [-0.1, -0.05) is 40.0 Å². The summed E-state index contributed by atoms with van der Waals surface area (Å²) in [6, 6.07) is 0. The molecule has 0 aromatic carbocycles. The molecule has 1 heteroatoms. The Hall–Kier alpha value is -0.0400. The Kier molecular flexibility index (Phi) is 4.71. The molecule has 0 aromatic rings. The third kappa shape index (κ3) is 2.30. The molecule has 0 atom stereocenters. The molecule has 0 aliphatic carbocycles. The summed E-state index contributed by atoms with van der Waals surface area (Å²) in [4.78, 5) is 0. The molecule has 0 bridgehead atoms. The van der Waals surface area contributed by atoms with Crippen molar-refractivity contribution in [1.82, 2.24) is 0 Å². The Balaban J connectivity index is 3.87. The van der Waals surface area contributed by atoms with Crippen LogP contribution in [0.5, 0.6) is 0 Å². The zero-order chi connectivity index (χ0) is 8.04. The van der Waals surface area contributed by atoms with Crippen molar-refractivity contribution in [2.75, 3.05) is 6.54 Å². The second-order valence-electron chi connectivity index (χ2n) is 3.10. The molecule has 0 aliphatic rings. The molecule has 0 rings (SSSR count). The average molecular weight is 143 g/mol. The van der Waals surface area contributed by atoms with Gasteiger partial charge in [0, 0.05) is 0 Å². The van der Waals surface area contributed by atoms with Gasteiger partial charge in [-0.25, -0.2) is 0 Å². The lowest BCUT2D eigenvalue weighted by Crippen LogP contribution is -2.21. The maximum absolute atomic E-state index is 5.54. The van der Waals surface area contributed by atoms with E-state index in [9.17, 15) is 0 Å². The summed E-state index contributed by atoms with van der Waals surface area (Å²) < 4.78 is 0. The summed E-state index contributed by atoms with van der Waals surface area (Å²) >= 11 is 0. The highest BCUT2D eigenvalue weighted by Gasteiger charge is 2.21. The Bertz CT molecular complexity index is 66.5. The summed E-state index contributed by atoms with van der Waals surface area (Å²) in [6.45, 7) is 7.64. The highest BCUT2D eigenvalue weighted by Crippen LogP contribution is 2.33. The van der Waals surface area contributed by atoms with Gasteiger partial charge in [-0.2, -0.15) is 0 Å². The molecule has 2 N–H and O–H groups in total. The molecule has 0 saturated heterocycles. The first kappa shape index (κ1) is 9.96. The van der Waals surface area contributed by atoms with E-state index in [0.29, 0.717) is 5.41 Å². The molecule has 1 nitrogen and oxygen atoms in total. The van der Waals surface area contributed by atoms with Crippen molar-refractivity contribution in [3.8, 4) is 0 Å². The zero-order valence-electron chi connectivity index (χ0n) is 7.61. The van der Waals surface area contributed by atoms with Gasteiger partial charge in [0.05, 0.1) is 0 Å². The van der Waals surface area contributed by atoms with Crippen molar-refractivity contribution in [1.29, 1.82) is 0 Å². The van der Waals surface area contributed by atoms with E-state index in [1.807, 2.05) is 0 Å². The van der Waals surface area contributed by atoms with Gasteiger partial charge in [0.2, 0.25) is 0 Å². The summed E-state index contributed by atoms with van der Waals surface area (Å²) in [5, 5.41) is 0. The van der Waals surface area contributed by atoms with Crippen LogP contribution in [0.3, 0.4) is 0 Å². The minimum Gasteiger partial charge on any atom is -0.330 e. The number of rotatable bonds is 5. The minimum absolute atomic E-state index is 0.550. The predicted octanol–water partition coefficient (Wildman–Crippen LogP) is 2.55. The molecule has 0 fully saturated rings. The molecule has 62 valence electrons. The number of hydrogen-bond donors (Lipinski definition) is 1. The van der Waals surface area contributed by atoms with Crippen molar-refractivity contribution in [2.45, 2.75) is 46.5 Å². The van der Waals surface area contributed by atoms with Crippen LogP contribution in [0.15, 0.2) is 0 Å². The highest BCUT2D eigenvalue weighted by atomic mass is 14.5. The van der Waals surface area contributed by atoms with Crippen LogP contribution < -0.4 is 5.73 Å². The molecule has 0 aliphatic heterocycles. The predicted molar refractivity (Wildman–Crippen MR) is 47.0 cm³/mol. The Morgan fingerprint density at radius 1 is 1.00 bits per heavy atom. The van der Waals surface area contributed by atoms with E-state index in [1.54, 1.807) is 0 Å². The van der Waals surface area contributed by atoms with E-state index in [0.717, 1.165) is 6.54 Å². The maximum atomic E-state index is 5.54. The van der Waals surface area contributed by atoms with Crippen LogP contribution in [-0.4, -0.2) is 6.54 Å². The monoisotopic (exact) mass is 143 g/mol. The summed E-state index contributed by atoms with van der Waals surface area (Å²) in [6.07, 6.45) is 5.02. The van der Waals surface area contributed by atoms with Crippen molar-refractivity contribution in [2.24, 2.45) is 11.1 Å². The highest BCUT2D eigenvalue weighted by molar-refractivity contribution is 4.74. The first-order valence-electron chi connectivity index (χ1n) is 4.44. The van der Waals surface area contributed by atoms with Crippen LogP contribution in [0.2, 0.25) is 0 Å². The summed E-state index contributed by atoms with van der Waals surface area (Å²) in [5.74, 6) is 0. The fourth-order valence-corrected chi connectivity index (χ4v) is 1.59. The van der Waals surface area contributed by atoms with Gasteiger partial charge < -0.3 is 5.73 Å². The zero-order valence-corrected chi connectivity index (χ0v) is 7.61. The van der Waals surface area contributed by atoms with Crippen LogP contribution in [0.25, 0.3) is 0 Å². The molecule has 0 radical (unpaired) electrons. The van der Waals surface area contributed by atoms with Crippen LogP contribution in [-0.2, 0) is 0 Å². The Labute approximate surface area is 65.0 Å². The lowest BCUT2D eigenvalue weighted by molar-refractivity contribution is 0.233. The van der Waals surface area contributed by atoms with Crippen molar-refractivity contribution in [3.63, 3.8) is 0 Å². The Morgan fingerprint density at radius 3 is 1.50 bits per heavy atom. The van der Waals surface area contributed by atoms with Gasteiger partial charge in [-0.3, -0.25) is 0 Å². The summed E-state index contributed by atoms with van der Waals surface area (Å²) in [7, 11) is 0. The first-order chi connectivity index (χ1) is 4.74. The quantitative estimate of drug-likeness (QED) is 0.629. The van der Waals surface area contributed by atoms with Crippen molar-refractivity contribution in [3.05, 3.63) is 0 Å². The van der Waals surface area contributed by atoms with E-state index in [4.69, 9.17) is 5.73 Å². The van der Waals surface area contributed by atoms with Gasteiger partial charge in [-0.15, -0.1) is 0 Å². The molecule has 0 spiro atoms. The second-order valence-corrected chi connectivity index (χ2v) is 3.10. The molecular weight excluding hydrogens is 122 g/mol. The largest absolute Gasteiger partial charge is 0.330 e. The van der Waals surface area contributed by atoms with E-state index in [2.05, 4.69) is 20.8 Å². The molecule has 0 heterocycles. The molecule has 0 aromatic heterocycles. The normalized spacial score (nSPS) is 12.0. The first-order valence-corrected chi connectivity index (χ1v) is 4.44. The van der Waals surface area contributed by atoms with Crippen molar-refractivity contribution < 1.29 is 0 Å². The van der Waals surface area contributed by atoms with Crippen LogP contribution >= 0.6 is 0 Å². The molecule has 10 heavy (non-hydrogen) atoms. The fourth-order valence-electron chi connectivity index (χ4n) is 1.59. The van der Waals surface area contributed by atoms with E-state index >= 15 is 0 Å². The van der Waals surface area contributed by atoms with Crippen LogP contribution in [0.1, 0.15) is 46.5 Å². The average Bonchev–Trinajstić information content (AvgIpc) is 2.01. The molecular formula is C9H21N. The van der Waals surface area contributed by atoms with E-state index in [1.165, 1.54) is 25.7 Å². The fraction of sp³-hybridized carbons (Fsp3) is 1.00. The van der Waals surface area contributed by atoms with Crippen molar-refractivity contribution >= 4 is 0 Å². The number of hydrogen-bond acceptors (Lipinski definition) is 1. The molecule has 0 unspecified atom stereocenters. The lowest BCUT2D eigenvalue weighted by atomic mass is 9.77. The third-order valence-electron chi connectivity index (χ3n) is 2.92. The van der Waals surface area contributed by atoms with Crippen LogP contribution in [0, 0.1) is 5.41 Å². The summed E-state index contributed by atoms with van der Waals surface area (Å²) in [5.41, 5.74) is 6.09. The molecule has 0 amide bonds. The van der Waals surface area contributed by atoms with Gasteiger partial charge in [0.15, 0.2) is 0 Å².